The number of carbonyl (C=O) groups excluding carboxylic acids is 2. The molecule has 7 nitrogen and oxygen atoms in total. The number of esters is 1. The lowest BCUT2D eigenvalue weighted by Crippen LogP contribution is -2.36. The van der Waals surface area contributed by atoms with Crippen molar-refractivity contribution in [3.8, 4) is 0 Å². The summed E-state index contributed by atoms with van der Waals surface area (Å²) >= 11 is 0. The molecule has 0 spiro atoms. The molecule has 1 atom stereocenters. The van der Waals surface area contributed by atoms with Crippen LogP contribution in [0, 0.1) is 0 Å². The van der Waals surface area contributed by atoms with E-state index in [1.807, 2.05) is 6.92 Å². The van der Waals surface area contributed by atoms with Crippen LogP contribution in [-0.4, -0.2) is 45.4 Å². The normalized spacial score (nSPS) is 13.6. The van der Waals surface area contributed by atoms with E-state index in [0.717, 1.165) is 6.42 Å². The van der Waals surface area contributed by atoms with Crippen molar-refractivity contribution in [2.45, 2.75) is 32.7 Å². The van der Waals surface area contributed by atoms with Crippen LogP contribution in [0.15, 0.2) is 11.6 Å². The van der Waals surface area contributed by atoms with Crippen LogP contribution in [-0.2, 0) is 27.9 Å². The molecule has 0 aliphatic rings. The Bertz CT molecular complexity index is 401. The molecule has 8 heteroatoms. The van der Waals surface area contributed by atoms with Crippen molar-refractivity contribution in [1.82, 2.24) is 5.32 Å². The van der Waals surface area contributed by atoms with Gasteiger partial charge in [-0.15, -0.1) is 0 Å². The highest BCUT2D eigenvalue weighted by atomic mass is 31.2. The second-order valence-electron chi connectivity index (χ2n) is 4.22. The minimum Gasteiger partial charge on any atom is -0.464 e. The Morgan fingerprint density at radius 1 is 1.29 bits per heavy atom. The van der Waals surface area contributed by atoms with Crippen LogP contribution in [0.1, 0.15) is 26.7 Å². The molecular formula is C13H24NO6P. The Balaban J connectivity index is 5.22. The van der Waals surface area contributed by atoms with Gasteiger partial charge in [0.25, 0.3) is 0 Å². The van der Waals surface area contributed by atoms with Crippen LogP contribution in [0.2, 0.25) is 0 Å². The van der Waals surface area contributed by atoms with Crippen molar-refractivity contribution in [3.63, 3.8) is 0 Å². The minimum absolute atomic E-state index is 0.0598. The fourth-order valence-electron chi connectivity index (χ4n) is 1.71. The Morgan fingerprint density at radius 3 is 2.33 bits per heavy atom. The molecule has 0 saturated carbocycles. The quantitative estimate of drug-likeness (QED) is 0.270. The minimum atomic E-state index is -3.22. The third-order valence-electron chi connectivity index (χ3n) is 2.71. The Hall–Kier alpha value is -1.17. The van der Waals surface area contributed by atoms with Crippen molar-refractivity contribution in [2.75, 3.05) is 27.0 Å². The summed E-state index contributed by atoms with van der Waals surface area (Å²) in [5, 5.41) is 2.38. The second-order valence-corrected chi connectivity index (χ2v) is 6.49. The zero-order chi connectivity index (χ0) is 16.3. The highest BCUT2D eigenvalue weighted by Crippen LogP contribution is 2.48. The zero-order valence-corrected chi connectivity index (χ0v) is 13.9. The Labute approximate surface area is 125 Å². The Kier molecular flexibility index (Phi) is 9.95. The van der Waals surface area contributed by atoms with Gasteiger partial charge >= 0.3 is 13.6 Å². The van der Waals surface area contributed by atoms with E-state index in [9.17, 15) is 14.2 Å². The standard InChI is InChI=1S/C13H24NO6P/c1-5-7-11(9-21(17,18-3)19-4)8-12(14-10-15)13(16)20-6-2/h8,10,12H,5-7,9H2,1-4H3,(H,14,15)/b11-8+. The molecule has 1 unspecified atom stereocenters. The predicted octanol–water partition coefficient (Wildman–Crippen LogP) is 1.88. The first-order valence-electron chi connectivity index (χ1n) is 6.72. The topological polar surface area (TPSA) is 90.9 Å². The lowest BCUT2D eigenvalue weighted by atomic mass is 10.1. The van der Waals surface area contributed by atoms with Crippen LogP contribution in [0.4, 0.5) is 0 Å². The molecule has 0 bridgehead atoms. The van der Waals surface area contributed by atoms with Gasteiger partial charge in [-0.05, 0) is 13.3 Å². The third-order valence-corrected chi connectivity index (χ3v) is 4.62. The van der Waals surface area contributed by atoms with Gasteiger partial charge in [0.05, 0.1) is 12.8 Å². The summed E-state index contributed by atoms with van der Waals surface area (Å²) in [6.07, 6.45) is 3.42. The van der Waals surface area contributed by atoms with Gasteiger partial charge in [0, 0.05) is 14.2 Å². The lowest BCUT2D eigenvalue weighted by Gasteiger charge is -2.18. The molecule has 0 saturated heterocycles. The van der Waals surface area contributed by atoms with Crippen molar-refractivity contribution in [3.05, 3.63) is 11.6 Å². The van der Waals surface area contributed by atoms with Crippen molar-refractivity contribution in [1.29, 1.82) is 0 Å². The monoisotopic (exact) mass is 321 g/mol. The van der Waals surface area contributed by atoms with Crippen molar-refractivity contribution < 1.29 is 27.9 Å². The molecule has 0 rings (SSSR count). The average Bonchev–Trinajstić information content (AvgIpc) is 2.47. The molecule has 0 radical (unpaired) electrons. The fraction of sp³-hybridized carbons (Fsp3) is 0.692. The molecule has 1 amide bonds. The van der Waals surface area contributed by atoms with Gasteiger partial charge in [-0.2, -0.15) is 0 Å². The number of carbonyl (C=O) groups is 2. The fourth-order valence-corrected chi connectivity index (χ4v) is 2.88. The summed E-state index contributed by atoms with van der Waals surface area (Å²) < 4.78 is 26.9. The van der Waals surface area contributed by atoms with Gasteiger partial charge in [0.15, 0.2) is 0 Å². The van der Waals surface area contributed by atoms with Crippen LogP contribution in [0.5, 0.6) is 0 Å². The number of hydrogen-bond acceptors (Lipinski definition) is 6. The van der Waals surface area contributed by atoms with E-state index >= 15 is 0 Å². The van der Waals surface area contributed by atoms with E-state index in [4.69, 9.17) is 13.8 Å². The van der Waals surface area contributed by atoms with Crippen LogP contribution in [0.25, 0.3) is 0 Å². The number of ether oxygens (including phenoxy) is 1. The second kappa shape index (κ2) is 10.5. The van der Waals surface area contributed by atoms with E-state index in [1.165, 1.54) is 14.2 Å². The van der Waals surface area contributed by atoms with Crippen molar-refractivity contribution >= 4 is 20.0 Å². The number of allylic oxidation sites excluding steroid dienone is 1. The number of rotatable bonds is 11. The average molecular weight is 321 g/mol. The Morgan fingerprint density at radius 2 is 1.90 bits per heavy atom. The molecule has 0 heterocycles. The van der Waals surface area contributed by atoms with Gasteiger partial charge in [-0.3, -0.25) is 9.36 Å². The first-order valence-corrected chi connectivity index (χ1v) is 8.45. The van der Waals surface area contributed by atoms with E-state index in [0.29, 0.717) is 18.4 Å². The van der Waals surface area contributed by atoms with Crippen LogP contribution >= 0.6 is 7.60 Å². The largest absolute Gasteiger partial charge is 0.464 e. The smallest absolute Gasteiger partial charge is 0.334 e. The van der Waals surface area contributed by atoms with Crippen molar-refractivity contribution in [2.24, 2.45) is 0 Å². The highest BCUT2D eigenvalue weighted by Gasteiger charge is 2.25. The molecule has 0 fully saturated rings. The van der Waals surface area contributed by atoms with Crippen LogP contribution < -0.4 is 5.32 Å². The summed E-state index contributed by atoms with van der Waals surface area (Å²) in [7, 11) is -0.612. The molecule has 1 N–H and O–H groups in total. The first kappa shape index (κ1) is 19.8. The van der Waals surface area contributed by atoms with Gasteiger partial charge in [-0.25, -0.2) is 4.79 Å². The summed E-state index contributed by atoms with van der Waals surface area (Å²) in [5.41, 5.74) is 0.705. The maximum absolute atomic E-state index is 12.2. The lowest BCUT2D eigenvalue weighted by molar-refractivity contribution is -0.145. The SMILES string of the molecule is CCC/C(=C\C(NC=O)C(=O)OCC)CP(=O)(OC)OC. The highest BCUT2D eigenvalue weighted by molar-refractivity contribution is 7.54. The molecule has 0 aliphatic heterocycles. The molecular weight excluding hydrogens is 297 g/mol. The predicted molar refractivity (Wildman–Crippen MR) is 79.1 cm³/mol. The molecule has 0 aromatic rings. The van der Waals surface area contributed by atoms with E-state index in [1.54, 1.807) is 13.0 Å². The van der Waals surface area contributed by atoms with E-state index in [2.05, 4.69) is 5.32 Å². The summed E-state index contributed by atoms with van der Waals surface area (Å²) in [6.45, 7) is 3.84. The maximum Gasteiger partial charge on any atom is 0.334 e. The molecule has 0 aromatic carbocycles. The van der Waals surface area contributed by atoms with Gasteiger partial charge in [0.2, 0.25) is 6.41 Å². The third kappa shape index (κ3) is 7.41. The van der Waals surface area contributed by atoms with E-state index in [-0.39, 0.29) is 12.8 Å². The summed E-state index contributed by atoms with van der Waals surface area (Å²) in [6, 6.07) is -0.911. The zero-order valence-electron chi connectivity index (χ0n) is 13.0. The molecule has 0 aromatic heterocycles. The molecule has 122 valence electrons. The van der Waals surface area contributed by atoms with Crippen LogP contribution in [0.3, 0.4) is 0 Å². The number of amides is 1. The first-order chi connectivity index (χ1) is 9.96. The number of hydrogen-bond donors (Lipinski definition) is 1. The molecule has 21 heavy (non-hydrogen) atoms. The van der Waals surface area contributed by atoms with Gasteiger partial charge in [-0.1, -0.05) is 25.0 Å². The van der Waals surface area contributed by atoms with Gasteiger partial charge in [0.1, 0.15) is 6.04 Å². The summed E-state index contributed by atoms with van der Waals surface area (Å²) in [4.78, 5) is 22.4. The van der Waals surface area contributed by atoms with Gasteiger partial charge < -0.3 is 19.1 Å². The summed E-state index contributed by atoms with van der Waals surface area (Å²) in [5.74, 6) is -0.567. The number of nitrogens with one attached hydrogen (secondary N) is 1. The molecule has 0 aliphatic carbocycles. The van der Waals surface area contributed by atoms with E-state index < -0.39 is 19.6 Å². The maximum atomic E-state index is 12.2.